The van der Waals surface area contributed by atoms with E-state index in [4.69, 9.17) is 9.84 Å². The van der Waals surface area contributed by atoms with Gasteiger partial charge < -0.3 is 14.5 Å². The first kappa shape index (κ1) is 22.9. The van der Waals surface area contributed by atoms with Gasteiger partial charge in [0.2, 0.25) is 5.91 Å². The molecule has 1 amide bonds. The number of carbonyl (C=O) groups is 1. The molecule has 172 valence electrons. The van der Waals surface area contributed by atoms with E-state index in [1.165, 1.54) is 19.1 Å². The molecule has 0 spiro atoms. The number of nitrogens with one attached hydrogen (secondary N) is 1. The summed E-state index contributed by atoms with van der Waals surface area (Å²) >= 11 is 0. The summed E-state index contributed by atoms with van der Waals surface area (Å²) in [5.41, 5.74) is 4.44. The van der Waals surface area contributed by atoms with Crippen LogP contribution < -0.4 is 5.32 Å². The molecule has 0 atom stereocenters. The van der Waals surface area contributed by atoms with Crippen molar-refractivity contribution in [3.63, 3.8) is 0 Å². The Kier molecular flexibility index (Phi) is 6.43. The number of imidazole rings is 1. The molecule has 4 aromatic rings. The zero-order valence-corrected chi connectivity index (χ0v) is 20.3. The number of amides is 1. The maximum atomic E-state index is 13.6. The summed E-state index contributed by atoms with van der Waals surface area (Å²) in [7, 11) is -1.18. The van der Waals surface area contributed by atoms with Gasteiger partial charge in [-0.2, -0.15) is 5.10 Å². The van der Waals surface area contributed by atoms with Crippen LogP contribution in [-0.4, -0.2) is 39.8 Å². The van der Waals surface area contributed by atoms with E-state index in [1.54, 1.807) is 23.0 Å². The van der Waals surface area contributed by atoms with Crippen LogP contribution >= 0.6 is 0 Å². The van der Waals surface area contributed by atoms with E-state index >= 15 is 0 Å². The van der Waals surface area contributed by atoms with Crippen LogP contribution in [0.4, 0.5) is 10.1 Å². The molecule has 0 saturated carbocycles. The number of pyridine rings is 1. The number of anilines is 1. The van der Waals surface area contributed by atoms with Crippen LogP contribution in [0.1, 0.15) is 6.92 Å². The van der Waals surface area contributed by atoms with E-state index in [1.807, 2.05) is 29.1 Å². The van der Waals surface area contributed by atoms with Crippen molar-refractivity contribution in [3.8, 4) is 22.4 Å². The van der Waals surface area contributed by atoms with Gasteiger partial charge in [-0.1, -0.05) is 19.6 Å². The molecule has 33 heavy (non-hydrogen) atoms. The summed E-state index contributed by atoms with van der Waals surface area (Å²) in [6.07, 6.45) is 7.36. The van der Waals surface area contributed by atoms with Crippen LogP contribution in [0.2, 0.25) is 25.7 Å². The Morgan fingerprint density at radius 3 is 2.61 bits per heavy atom. The number of carbonyl (C=O) groups excluding carboxylic acids is 1. The molecular weight excluding hydrogens is 437 g/mol. The highest BCUT2D eigenvalue weighted by atomic mass is 28.3. The fourth-order valence-corrected chi connectivity index (χ4v) is 4.27. The molecule has 1 N–H and O–H groups in total. The Labute approximate surface area is 193 Å². The Balaban J connectivity index is 1.73. The van der Waals surface area contributed by atoms with E-state index in [0.717, 1.165) is 22.7 Å². The van der Waals surface area contributed by atoms with Gasteiger partial charge in [-0.3, -0.25) is 4.79 Å². The Hall–Kier alpha value is -3.30. The van der Waals surface area contributed by atoms with Crippen LogP contribution in [0, 0.1) is 5.82 Å². The van der Waals surface area contributed by atoms with Gasteiger partial charge in [0, 0.05) is 63.1 Å². The van der Waals surface area contributed by atoms with E-state index in [2.05, 4.69) is 29.9 Å². The van der Waals surface area contributed by atoms with E-state index in [0.29, 0.717) is 30.4 Å². The molecule has 4 rings (SSSR count). The molecule has 3 aromatic heterocycles. The summed E-state index contributed by atoms with van der Waals surface area (Å²) in [5.74, 6) is -0.482. The molecule has 9 heteroatoms. The van der Waals surface area contributed by atoms with Crippen molar-refractivity contribution in [2.75, 3.05) is 11.9 Å². The molecule has 3 heterocycles. The highest BCUT2D eigenvalue weighted by Crippen LogP contribution is 2.33. The Morgan fingerprint density at radius 1 is 1.15 bits per heavy atom. The summed E-state index contributed by atoms with van der Waals surface area (Å²) in [4.78, 5) is 16.1. The Morgan fingerprint density at radius 2 is 1.91 bits per heavy atom. The highest BCUT2D eigenvalue weighted by molar-refractivity contribution is 6.76. The first-order valence-corrected chi connectivity index (χ1v) is 14.6. The highest BCUT2D eigenvalue weighted by Gasteiger charge is 2.17. The average molecular weight is 466 g/mol. The largest absolute Gasteiger partial charge is 0.360 e. The molecule has 0 fully saturated rings. The number of hydrogen-bond acceptors (Lipinski definition) is 4. The lowest BCUT2D eigenvalue weighted by molar-refractivity contribution is -0.114. The van der Waals surface area contributed by atoms with E-state index in [-0.39, 0.29) is 11.7 Å². The first-order chi connectivity index (χ1) is 15.7. The number of rotatable bonds is 8. The van der Waals surface area contributed by atoms with Gasteiger partial charge in [0.15, 0.2) is 5.65 Å². The van der Waals surface area contributed by atoms with Crippen molar-refractivity contribution in [2.45, 2.75) is 39.3 Å². The number of ether oxygens (including phenoxy) is 1. The third-order valence-electron chi connectivity index (χ3n) is 5.21. The molecule has 0 unspecified atom stereocenters. The Bertz CT molecular complexity index is 1270. The molecule has 0 radical (unpaired) electrons. The first-order valence-electron chi connectivity index (χ1n) is 10.9. The summed E-state index contributed by atoms with van der Waals surface area (Å²) in [6.45, 7) is 9.41. The van der Waals surface area contributed by atoms with Crippen LogP contribution in [0.3, 0.4) is 0 Å². The van der Waals surface area contributed by atoms with Crippen LogP contribution in [0.25, 0.3) is 28.0 Å². The fourth-order valence-electron chi connectivity index (χ4n) is 3.52. The van der Waals surface area contributed by atoms with Gasteiger partial charge in [-0.05, 0) is 36.4 Å². The maximum absolute atomic E-state index is 13.6. The van der Waals surface area contributed by atoms with Gasteiger partial charge in [0.25, 0.3) is 0 Å². The number of halogens is 1. The zero-order valence-electron chi connectivity index (χ0n) is 19.3. The van der Waals surface area contributed by atoms with Gasteiger partial charge >= 0.3 is 0 Å². The maximum Gasteiger partial charge on any atom is 0.221 e. The second kappa shape index (κ2) is 9.28. The quantitative estimate of drug-likeness (QED) is 0.284. The molecule has 7 nitrogen and oxygen atoms in total. The van der Waals surface area contributed by atoms with Crippen molar-refractivity contribution < 1.29 is 13.9 Å². The summed E-state index contributed by atoms with van der Waals surface area (Å²) in [5, 5.41) is 7.60. The third-order valence-corrected chi connectivity index (χ3v) is 6.91. The average Bonchev–Trinajstić information content (AvgIpc) is 3.38. The molecule has 0 saturated heterocycles. The van der Waals surface area contributed by atoms with Gasteiger partial charge in [0.05, 0.1) is 5.69 Å². The minimum atomic E-state index is -1.18. The molecule has 0 bridgehead atoms. The number of benzene rings is 1. The lowest BCUT2D eigenvalue weighted by Crippen LogP contribution is -2.22. The van der Waals surface area contributed by atoms with Crippen molar-refractivity contribution in [1.82, 2.24) is 19.2 Å². The van der Waals surface area contributed by atoms with Crippen LogP contribution in [0.15, 0.2) is 55.1 Å². The smallest absolute Gasteiger partial charge is 0.221 e. The van der Waals surface area contributed by atoms with Crippen molar-refractivity contribution in [2.24, 2.45) is 0 Å². The van der Waals surface area contributed by atoms with Crippen molar-refractivity contribution in [1.29, 1.82) is 0 Å². The summed E-state index contributed by atoms with van der Waals surface area (Å²) < 4.78 is 23.1. The topological polar surface area (TPSA) is 73.5 Å². The van der Waals surface area contributed by atoms with Gasteiger partial charge in [-0.25, -0.2) is 14.1 Å². The number of nitrogens with zero attached hydrogens (tertiary/aromatic N) is 4. The standard InChI is InChI=1S/C24H28FN5O2Si/c1-17(31)27-22-13-19(14-29-10-9-26-24(22)29)21-15-30(16-32-11-12-33(2,3)4)28-23(21)18-5-7-20(25)8-6-18/h5-10,13-15H,11-12,16H2,1-4H3,(H,27,31). The molecule has 1 aromatic carbocycles. The van der Waals surface area contributed by atoms with Crippen molar-refractivity contribution >= 4 is 25.3 Å². The predicted molar refractivity (Wildman–Crippen MR) is 130 cm³/mol. The fraction of sp³-hybridized carbons (Fsp3) is 0.292. The summed E-state index contributed by atoms with van der Waals surface area (Å²) in [6, 6.07) is 9.21. The van der Waals surface area contributed by atoms with E-state index < -0.39 is 8.07 Å². The lowest BCUT2D eigenvalue weighted by atomic mass is 10.0. The second-order valence-corrected chi connectivity index (χ2v) is 14.9. The molecule has 0 aliphatic rings. The zero-order chi connectivity index (χ0) is 23.6. The molecule has 0 aliphatic heterocycles. The van der Waals surface area contributed by atoms with Gasteiger partial charge in [0.1, 0.15) is 18.2 Å². The third kappa shape index (κ3) is 5.55. The monoisotopic (exact) mass is 465 g/mol. The van der Waals surface area contributed by atoms with Crippen molar-refractivity contribution in [3.05, 3.63) is 60.9 Å². The lowest BCUT2D eigenvalue weighted by Gasteiger charge is -2.15. The van der Waals surface area contributed by atoms with E-state index in [9.17, 15) is 9.18 Å². The predicted octanol–water partition coefficient (Wildman–Crippen LogP) is 5.27. The normalized spacial score (nSPS) is 11.8. The SMILES string of the molecule is CC(=O)Nc1cc(-c2cn(COCC[Si](C)(C)C)nc2-c2ccc(F)cc2)cn2ccnc12. The van der Waals surface area contributed by atoms with Crippen LogP contribution in [0.5, 0.6) is 0 Å². The molecular formula is C24H28FN5O2Si. The minimum Gasteiger partial charge on any atom is -0.360 e. The second-order valence-electron chi connectivity index (χ2n) is 9.27. The number of fused-ring (bicyclic) bond motifs is 1. The minimum absolute atomic E-state index is 0.178. The van der Waals surface area contributed by atoms with Crippen LogP contribution in [-0.2, 0) is 16.3 Å². The number of hydrogen-bond donors (Lipinski definition) is 1. The number of aromatic nitrogens is 4. The van der Waals surface area contributed by atoms with Gasteiger partial charge in [-0.15, -0.1) is 0 Å². The molecule has 0 aliphatic carbocycles.